The first kappa shape index (κ1) is 17.9. The molecule has 1 unspecified atom stereocenters. The van der Waals surface area contributed by atoms with Crippen LogP contribution >= 0.6 is 7.82 Å². The maximum Gasteiger partial charge on any atom is 0.469 e. The predicted octanol–water partition coefficient (Wildman–Crippen LogP) is -3.14. The molecule has 13 nitrogen and oxygen atoms in total. The van der Waals surface area contributed by atoms with E-state index in [-0.39, 0.29) is 17.1 Å². The highest BCUT2D eigenvalue weighted by molar-refractivity contribution is 7.46. The molecule has 25 heavy (non-hydrogen) atoms. The zero-order chi connectivity index (χ0) is 18.5. The number of imidazole rings is 1. The normalized spacial score (nSPS) is 27.2. The minimum absolute atomic E-state index is 0.108. The molecule has 0 bridgehead atoms. The van der Waals surface area contributed by atoms with Crippen molar-refractivity contribution in [3.05, 3.63) is 16.7 Å². The number of aromatic amines is 1. The van der Waals surface area contributed by atoms with E-state index in [1.54, 1.807) is 7.05 Å². The van der Waals surface area contributed by atoms with Gasteiger partial charge in [0, 0.05) is 0 Å². The van der Waals surface area contributed by atoms with Gasteiger partial charge in [0.05, 0.1) is 13.7 Å². The van der Waals surface area contributed by atoms with Crippen molar-refractivity contribution in [3.8, 4) is 0 Å². The van der Waals surface area contributed by atoms with E-state index in [0.29, 0.717) is 0 Å². The Labute approximate surface area is 139 Å². The Hall–Kier alpha value is -1.86. The number of hydrogen-bond donors (Lipinski definition) is 6. The average molecular weight is 378 g/mol. The van der Waals surface area contributed by atoms with Gasteiger partial charge in [-0.05, 0) is 0 Å². The molecule has 2 aromatic heterocycles. The summed E-state index contributed by atoms with van der Waals surface area (Å²) in [5.74, 6) is -0.146. The van der Waals surface area contributed by atoms with Crippen LogP contribution < -0.4 is 15.9 Å². The third-order valence-electron chi connectivity index (χ3n) is 3.81. The fourth-order valence-corrected chi connectivity index (χ4v) is 3.06. The molecule has 0 saturated carbocycles. The summed E-state index contributed by atoms with van der Waals surface area (Å²) in [6.45, 7) is -0.638. The highest BCUT2D eigenvalue weighted by Gasteiger charge is 2.47. The third-order valence-corrected chi connectivity index (χ3v) is 4.29. The van der Waals surface area contributed by atoms with E-state index in [1.807, 2.05) is 0 Å². The van der Waals surface area contributed by atoms with Crippen LogP contribution in [0, 0.1) is 0 Å². The number of aliphatic hydroxyl groups is 2. The summed E-state index contributed by atoms with van der Waals surface area (Å²) in [4.78, 5) is 35.8. The van der Waals surface area contributed by atoms with Gasteiger partial charge in [-0.15, -0.1) is 0 Å². The standard InChI is InChI=1S/C11H16N5O8P/c1-15-3-16(8-5(15)9(19)14-11(12)13-8)10-7(18)6(17)4(24-10)2-23-25(20,21)22/h3-4,6-7,10,17-18H,2H2,1H3,(H4-,12,13,14,19,20,21,22)/p+1/t4?,6-,7-,10-/m1/s1. The van der Waals surface area contributed by atoms with Crippen LogP contribution in [-0.4, -0.2) is 59.5 Å². The van der Waals surface area contributed by atoms with Gasteiger partial charge in [-0.1, -0.05) is 4.98 Å². The fraction of sp³-hybridized carbons (Fsp3) is 0.545. The van der Waals surface area contributed by atoms with Crippen LogP contribution in [0.3, 0.4) is 0 Å². The number of aryl methyl sites for hydroxylation is 1. The molecule has 0 spiro atoms. The molecule has 7 N–H and O–H groups in total. The first-order valence-corrected chi connectivity index (χ1v) is 8.59. The number of aliphatic hydroxyl groups excluding tert-OH is 2. The second kappa shape index (κ2) is 6.14. The van der Waals surface area contributed by atoms with E-state index in [2.05, 4.69) is 14.5 Å². The van der Waals surface area contributed by atoms with Crippen LogP contribution in [-0.2, 0) is 20.9 Å². The number of phosphoric acid groups is 1. The number of fused-ring (bicyclic) bond motifs is 1. The molecular weight excluding hydrogens is 361 g/mol. The van der Waals surface area contributed by atoms with Crippen molar-refractivity contribution in [3.63, 3.8) is 0 Å². The number of nitrogens with two attached hydrogens (primary N) is 1. The molecule has 1 fully saturated rings. The fourth-order valence-electron chi connectivity index (χ4n) is 2.72. The Morgan fingerprint density at radius 1 is 1.48 bits per heavy atom. The van der Waals surface area contributed by atoms with E-state index in [0.717, 1.165) is 0 Å². The molecule has 3 heterocycles. The van der Waals surface area contributed by atoms with E-state index in [9.17, 15) is 19.6 Å². The molecule has 4 atom stereocenters. The molecule has 0 amide bonds. The van der Waals surface area contributed by atoms with Crippen LogP contribution in [0.2, 0.25) is 0 Å². The van der Waals surface area contributed by atoms with Crippen molar-refractivity contribution in [1.29, 1.82) is 0 Å². The molecule has 1 saturated heterocycles. The van der Waals surface area contributed by atoms with Gasteiger partial charge in [0.25, 0.3) is 11.5 Å². The summed E-state index contributed by atoms with van der Waals surface area (Å²) >= 11 is 0. The minimum Gasteiger partial charge on any atom is -0.387 e. The third kappa shape index (κ3) is 3.30. The second-order valence-electron chi connectivity index (χ2n) is 5.59. The van der Waals surface area contributed by atoms with Gasteiger partial charge in [0.15, 0.2) is 6.33 Å². The van der Waals surface area contributed by atoms with Gasteiger partial charge >= 0.3 is 13.5 Å². The Morgan fingerprint density at radius 2 is 2.16 bits per heavy atom. The van der Waals surface area contributed by atoms with E-state index in [4.69, 9.17) is 20.3 Å². The molecular formula is C11H17N5O8P+. The lowest BCUT2D eigenvalue weighted by atomic mass is 10.1. The SMILES string of the molecule is Cn1c[n+]([C@@H]2OC(COP(=O)(O)O)[C@@H](O)[C@H]2O)c2nc(N)[nH]c(=O)c21. The smallest absolute Gasteiger partial charge is 0.387 e. The summed E-state index contributed by atoms with van der Waals surface area (Å²) in [5, 5.41) is 20.3. The quantitative estimate of drug-likeness (QED) is 0.233. The zero-order valence-electron chi connectivity index (χ0n) is 12.9. The first-order chi connectivity index (χ1) is 11.6. The molecule has 0 aromatic carbocycles. The van der Waals surface area contributed by atoms with E-state index in [1.165, 1.54) is 15.5 Å². The lowest BCUT2D eigenvalue weighted by Crippen LogP contribution is -2.46. The molecule has 3 rings (SSSR count). The maximum absolute atomic E-state index is 12.0. The summed E-state index contributed by atoms with van der Waals surface area (Å²) in [5.41, 5.74) is 5.31. The number of nitrogen functional groups attached to an aromatic ring is 1. The number of hydrogen-bond acceptors (Lipinski definition) is 8. The molecule has 1 aliphatic heterocycles. The number of nitrogens with zero attached hydrogens (tertiary/aromatic N) is 3. The molecule has 1 aliphatic rings. The molecule has 0 aliphatic carbocycles. The summed E-state index contributed by atoms with van der Waals surface area (Å²) in [7, 11) is -3.19. The molecule has 14 heteroatoms. The van der Waals surface area contributed by atoms with Crippen LogP contribution in [0.25, 0.3) is 11.2 Å². The van der Waals surface area contributed by atoms with Crippen molar-refractivity contribution >= 4 is 24.9 Å². The van der Waals surface area contributed by atoms with E-state index < -0.39 is 44.5 Å². The van der Waals surface area contributed by atoms with Crippen molar-refractivity contribution in [2.24, 2.45) is 7.05 Å². The van der Waals surface area contributed by atoms with Gasteiger partial charge in [0.2, 0.25) is 11.7 Å². The molecule has 0 radical (unpaired) electrons. The lowest BCUT2D eigenvalue weighted by Gasteiger charge is -2.14. The van der Waals surface area contributed by atoms with Gasteiger partial charge in [-0.25, -0.2) is 9.13 Å². The number of nitrogens with one attached hydrogen (secondary N) is 1. The Bertz CT molecular complexity index is 906. The van der Waals surface area contributed by atoms with Gasteiger partial charge < -0.3 is 30.5 Å². The summed E-state index contributed by atoms with van der Waals surface area (Å²) in [6, 6.07) is 0. The number of ether oxygens (including phenoxy) is 1. The zero-order valence-corrected chi connectivity index (χ0v) is 13.8. The number of phosphoric ester groups is 1. The van der Waals surface area contributed by atoms with Crippen molar-refractivity contribution in [1.82, 2.24) is 14.5 Å². The first-order valence-electron chi connectivity index (χ1n) is 7.06. The number of H-pyrrole nitrogens is 1. The highest BCUT2D eigenvalue weighted by Crippen LogP contribution is 2.37. The van der Waals surface area contributed by atoms with Crippen LogP contribution in [0.4, 0.5) is 5.95 Å². The predicted molar refractivity (Wildman–Crippen MR) is 79.9 cm³/mol. The molecule has 138 valence electrons. The van der Waals surface area contributed by atoms with Crippen molar-refractivity contribution in [2.75, 3.05) is 12.3 Å². The summed E-state index contributed by atoms with van der Waals surface area (Å²) in [6.07, 6.45) is -3.88. The largest absolute Gasteiger partial charge is 0.469 e. The van der Waals surface area contributed by atoms with Crippen molar-refractivity contribution < 1.29 is 38.4 Å². The Kier molecular flexibility index (Phi) is 4.41. The van der Waals surface area contributed by atoms with Gasteiger partial charge in [0.1, 0.15) is 18.3 Å². The average Bonchev–Trinajstić information content (AvgIpc) is 2.95. The summed E-state index contributed by atoms with van der Waals surface area (Å²) < 4.78 is 23.3. The monoisotopic (exact) mass is 378 g/mol. The Balaban J connectivity index is 1.96. The number of aromatic nitrogens is 4. The second-order valence-corrected chi connectivity index (χ2v) is 6.83. The van der Waals surface area contributed by atoms with Gasteiger partial charge in [-0.2, -0.15) is 0 Å². The lowest BCUT2D eigenvalue weighted by molar-refractivity contribution is -0.745. The van der Waals surface area contributed by atoms with Crippen molar-refractivity contribution in [2.45, 2.75) is 24.5 Å². The number of rotatable bonds is 4. The maximum atomic E-state index is 12.0. The topological polar surface area (TPSA) is 197 Å². The van der Waals surface area contributed by atoms with Crippen LogP contribution in [0.1, 0.15) is 6.23 Å². The highest BCUT2D eigenvalue weighted by atomic mass is 31.2. The molecule has 2 aromatic rings. The van der Waals surface area contributed by atoms with E-state index >= 15 is 0 Å². The minimum atomic E-state index is -4.76. The number of anilines is 1. The van der Waals surface area contributed by atoms with Gasteiger partial charge in [-0.3, -0.25) is 18.9 Å². The van der Waals surface area contributed by atoms with Crippen LogP contribution in [0.15, 0.2) is 11.1 Å². The van der Waals surface area contributed by atoms with Crippen LogP contribution in [0.5, 0.6) is 0 Å². The Morgan fingerprint density at radius 3 is 2.80 bits per heavy atom.